The highest BCUT2D eigenvalue weighted by molar-refractivity contribution is 6.05. The number of H-pyrrole nitrogens is 1. The van der Waals surface area contributed by atoms with Crippen molar-refractivity contribution in [3.05, 3.63) is 59.3 Å². The molecule has 138 valence electrons. The SMILES string of the molecule is C=CCN(CC(=O)c1c(C)[nH]c(C(=O)OCC)c1C)C(=O)c1ccco1. The molecule has 2 aromatic heterocycles. The quantitative estimate of drug-likeness (QED) is 0.445. The summed E-state index contributed by atoms with van der Waals surface area (Å²) in [5, 5.41) is 0. The second-order valence-corrected chi connectivity index (χ2v) is 5.72. The topological polar surface area (TPSA) is 92.6 Å². The van der Waals surface area contributed by atoms with Gasteiger partial charge in [-0.05, 0) is 38.5 Å². The maximum absolute atomic E-state index is 12.8. The molecule has 0 aliphatic rings. The molecule has 0 radical (unpaired) electrons. The van der Waals surface area contributed by atoms with Crippen LogP contribution in [-0.4, -0.2) is 47.2 Å². The van der Waals surface area contributed by atoms with Crippen LogP contribution in [0.4, 0.5) is 0 Å². The number of hydrogen-bond donors (Lipinski definition) is 1. The zero-order chi connectivity index (χ0) is 19.3. The third-order valence-corrected chi connectivity index (χ3v) is 3.90. The molecule has 0 fully saturated rings. The van der Waals surface area contributed by atoms with Crippen molar-refractivity contribution in [1.29, 1.82) is 0 Å². The normalized spacial score (nSPS) is 10.4. The fourth-order valence-corrected chi connectivity index (χ4v) is 2.76. The van der Waals surface area contributed by atoms with E-state index in [1.807, 2.05) is 0 Å². The van der Waals surface area contributed by atoms with Crippen LogP contribution in [0.2, 0.25) is 0 Å². The number of aromatic nitrogens is 1. The monoisotopic (exact) mass is 358 g/mol. The van der Waals surface area contributed by atoms with Gasteiger partial charge in [0, 0.05) is 17.8 Å². The predicted octanol–water partition coefficient (Wildman–Crippen LogP) is 2.91. The number of ether oxygens (including phenoxy) is 1. The lowest BCUT2D eigenvalue weighted by Crippen LogP contribution is -2.36. The van der Waals surface area contributed by atoms with Crippen molar-refractivity contribution in [3.8, 4) is 0 Å². The third-order valence-electron chi connectivity index (χ3n) is 3.90. The van der Waals surface area contributed by atoms with Gasteiger partial charge in [0.2, 0.25) is 0 Å². The van der Waals surface area contributed by atoms with Crippen LogP contribution in [0.15, 0.2) is 35.5 Å². The summed E-state index contributed by atoms with van der Waals surface area (Å²) in [6, 6.07) is 3.14. The van der Waals surface area contributed by atoms with Gasteiger partial charge in [0.1, 0.15) is 5.69 Å². The third kappa shape index (κ3) is 3.93. The number of amides is 1. The average Bonchev–Trinajstić information content (AvgIpc) is 3.22. The second-order valence-electron chi connectivity index (χ2n) is 5.72. The van der Waals surface area contributed by atoms with E-state index in [1.165, 1.54) is 23.3 Å². The average molecular weight is 358 g/mol. The lowest BCUT2D eigenvalue weighted by Gasteiger charge is -2.19. The number of rotatable bonds is 8. The summed E-state index contributed by atoms with van der Waals surface area (Å²) in [5.41, 5.74) is 1.70. The Bertz CT molecular complexity index is 817. The Hall–Kier alpha value is -3.09. The van der Waals surface area contributed by atoms with Gasteiger partial charge in [0.05, 0.1) is 19.4 Å². The molecule has 0 aliphatic heterocycles. The summed E-state index contributed by atoms with van der Waals surface area (Å²) in [6.45, 7) is 8.99. The van der Waals surface area contributed by atoms with Crippen LogP contribution in [0.1, 0.15) is 49.6 Å². The molecule has 0 spiro atoms. The molecule has 0 bridgehead atoms. The molecule has 1 amide bonds. The molecule has 0 saturated heterocycles. The van der Waals surface area contributed by atoms with Gasteiger partial charge >= 0.3 is 5.97 Å². The highest BCUT2D eigenvalue weighted by atomic mass is 16.5. The first kappa shape index (κ1) is 19.2. The first-order valence-electron chi connectivity index (χ1n) is 8.23. The zero-order valence-corrected chi connectivity index (χ0v) is 15.1. The second kappa shape index (κ2) is 8.33. The molecule has 26 heavy (non-hydrogen) atoms. The van der Waals surface area contributed by atoms with Crippen LogP contribution in [0.3, 0.4) is 0 Å². The number of nitrogens with zero attached hydrogens (tertiary/aromatic N) is 1. The largest absolute Gasteiger partial charge is 0.461 e. The van der Waals surface area contributed by atoms with Crippen LogP contribution in [0.5, 0.6) is 0 Å². The number of esters is 1. The van der Waals surface area contributed by atoms with Crippen LogP contribution in [0.25, 0.3) is 0 Å². The molecule has 0 unspecified atom stereocenters. The van der Waals surface area contributed by atoms with Gasteiger partial charge < -0.3 is 19.0 Å². The molecule has 7 nitrogen and oxygen atoms in total. The van der Waals surface area contributed by atoms with Gasteiger partial charge in [-0.25, -0.2) is 4.79 Å². The summed E-state index contributed by atoms with van der Waals surface area (Å²) >= 11 is 0. The van der Waals surface area contributed by atoms with Crippen molar-refractivity contribution in [2.45, 2.75) is 20.8 Å². The van der Waals surface area contributed by atoms with E-state index >= 15 is 0 Å². The Kier molecular flexibility index (Phi) is 6.16. The molecule has 7 heteroatoms. The van der Waals surface area contributed by atoms with Crippen LogP contribution < -0.4 is 0 Å². The first-order valence-corrected chi connectivity index (χ1v) is 8.23. The predicted molar refractivity (Wildman–Crippen MR) is 95.4 cm³/mol. The number of Topliss-reactive ketones (excluding diaryl/α,β-unsaturated/α-hetero) is 1. The highest BCUT2D eigenvalue weighted by Gasteiger charge is 2.26. The molecule has 1 N–H and O–H groups in total. The molecular weight excluding hydrogens is 336 g/mol. The van der Waals surface area contributed by atoms with Gasteiger partial charge in [-0.15, -0.1) is 6.58 Å². The molecule has 2 heterocycles. The Labute approximate surface area is 151 Å². The van der Waals surface area contributed by atoms with E-state index in [1.54, 1.807) is 26.8 Å². The standard InChI is InChI=1S/C19H22N2O5/c1-5-9-21(18(23)15-8-7-10-26-15)11-14(22)16-12(3)17(20-13(16)4)19(24)25-6-2/h5,7-8,10,20H,1,6,9,11H2,2-4H3. The number of nitrogens with one attached hydrogen (secondary N) is 1. The van der Waals surface area contributed by atoms with Gasteiger partial charge in [-0.3, -0.25) is 9.59 Å². The van der Waals surface area contributed by atoms with Crippen molar-refractivity contribution in [3.63, 3.8) is 0 Å². The summed E-state index contributed by atoms with van der Waals surface area (Å²) in [4.78, 5) is 41.5. The Morgan fingerprint density at radius 3 is 2.65 bits per heavy atom. The van der Waals surface area contributed by atoms with E-state index in [2.05, 4.69) is 11.6 Å². The first-order chi connectivity index (χ1) is 12.4. The Morgan fingerprint density at radius 1 is 1.35 bits per heavy atom. The Morgan fingerprint density at radius 2 is 2.08 bits per heavy atom. The number of aromatic amines is 1. The fraction of sp³-hybridized carbons (Fsp3) is 0.316. The maximum Gasteiger partial charge on any atom is 0.355 e. The molecule has 0 atom stereocenters. The number of carbonyl (C=O) groups excluding carboxylic acids is 3. The minimum Gasteiger partial charge on any atom is -0.461 e. The van der Waals surface area contributed by atoms with Gasteiger partial charge in [-0.2, -0.15) is 0 Å². The molecule has 0 saturated carbocycles. The van der Waals surface area contributed by atoms with E-state index in [0.29, 0.717) is 16.8 Å². The van der Waals surface area contributed by atoms with Crippen molar-refractivity contribution in [2.24, 2.45) is 0 Å². The van der Waals surface area contributed by atoms with E-state index in [9.17, 15) is 14.4 Å². The van der Waals surface area contributed by atoms with Gasteiger partial charge in [-0.1, -0.05) is 6.08 Å². The smallest absolute Gasteiger partial charge is 0.355 e. The summed E-state index contributed by atoms with van der Waals surface area (Å²) in [7, 11) is 0. The highest BCUT2D eigenvalue weighted by Crippen LogP contribution is 2.20. The van der Waals surface area contributed by atoms with Crippen molar-refractivity contribution < 1.29 is 23.5 Å². The minimum atomic E-state index is -0.512. The summed E-state index contributed by atoms with van der Waals surface area (Å²) < 4.78 is 10.1. The molecule has 0 aromatic carbocycles. The van der Waals surface area contributed by atoms with E-state index in [-0.39, 0.29) is 36.9 Å². The van der Waals surface area contributed by atoms with Gasteiger partial charge in [0.25, 0.3) is 5.91 Å². The molecular formula is C19H22N2O5. The summed E-state index contributed by atoms with van der Waals surface area (Å²) in [5.74, 6) is -1.05. The van der Waals surface area contributed by atoms with Crippen LogP contribution in [0, 0.1) is 13.8 Å². The lowest BCUT2D eigenvalue weighted by atomic mass is 10.0. The fourth-order valence-electron chi connectivity index (χ4n) is 2.76. The number of aryl methyl sites for hydroxylation is 1. The van der Waals surface area contributed by atoms with E-state index in [4.69, 9.17) is 9.15 Å². The maximum atomic E-state index is 12.8. The zero-order valence-electron chi connectivity index (χ0n) is 15.1. The number of carbonyl (C=O) groups is 3. The molecule has 0 aliphatic carbocycles. The molecule has 2 aromatic rings. The van der Waals surface area contributed by atoms with Crippen molar-refractivity contribution in [1.82, 2.24) is 9.88 Å². The number of ketones is 1. The van der Waals surface area contributed by atoms with Gasteiger partial charge in [0.15, 0.2) is 11.5 Å². The lowest BCUT2D eigenvalue weighted by molar-refractivity contribution is 0.0519. The van der Waals surface area contributed by atoms with E-state index < -0.39 is 11.9 Å². The van der Waals surface area contributed by atoms with E-state index in [0.717, 1.165) is 0 Å². The van der Waals surface area contributed by atoms with Crippen LogP contribution in [-0.2, 0) is 4.74 Å². The van der Waals surface area contributed by atoms with Crippen LogP contribution >= 0.6 is 0 Å². The number of hydrogen-bond acceptors (Lipinski definition) is 5. The number of furan rings is 1. The Balaban J connectivity index is 2.26. The minimum absolute atomic E-state index is 0.148. The summed E-state index contributed by atoms with van der Waals surface area (Å²) in [6.07, 6.45) is 2.93. The molecule has 2 rings (SSSR count). The van der Waals surface area contributed by atoms with Crippen molar-refractivity contribution in [2.75, 3.05) is 19.7 Å². The van der Waals surface area contributed by atoms with Crippen molar-refractivity contribution >= 4 is 17.7 Å².